The van der Waals surface area contributed by atoms with Crippen molar-refractivity contribution in [3.8, 4) is 0 Å². The van der Waals surface area contributed by atoms with Gasteiger partial charge < -0.3 is 10.2 Å². The Bertz CT molecular complexity index is 959. The zero-order valence-corrected chi connectivity index (χ0v) is 17.5. The lowest BCUT2D eigenvalue weighted by Crippen LogP contribution is -2.42. The normalized spacial score (nSPS) is 22.1. The van der Waals surface area contributed by atoms with Crippen LogP contribution in [0, 0.1) is 0 Å². The lowest BCUT2D eigenvalue weighted by atomic mass is 9.74. The number of piperidine rings is 1. The Labute approximate surface area is 178 Å². The summed E-state index contributed by atoms with van der Waals surface area (Å²) in [5, 5.41) is 3.07. The summed E-state index contributed by atoms with van der Waals surface area (Å²) in [6.07, 6.45) is 6.29. The molecule has 0 aromatic heterocycles. The van der Waals surface area contributed by atoms with Crippen LogP contribution >= 0.6 is 0 Å². The average Bonchev–Trinajstić information content (AvgIpc) is 3.31. The van der Waals surface area contributed by atoms with E-state index in [9.17, 15) is 9.59 Å². The van der Waals surface area contributed by atoms with Gasteiger partial charge in [-0.05, 0) is 73.8 Å². The lowest BCUT2D eigenvalue weighted by Gasteiger charge is -2.40. The van der Waals surface area contributed by atoms with Gasteiger partial charge in [0, 0.05) is 18.5 Å². The summed E-state index contributed by atoms with van der Waals surface area (Å²) in [7, 11) is 0. The molecule has 4 heteroatoms. The summed E-state index contributed by atoms with van der Waals surface area (Å²) in [5.41, 5.74) is 5.17. The second kappa shape index (κ2) is 7.99. The number of carbonyl (C=O) groups excluding carboxylic acids is 2. The van der Waals surface area contributed by atoms with Crippen molar-refractivity contribution in [1.82, 2.24) is 10.2 Å². The molecule has 1 spiro atoms. The van der Waals surface area contributed by atoms with Crippen LogP contribution < -0.4 is 5.32 Å². The summed E-state index contributed by atoms with van der Waals surface area (Å²) in [4.78, 5) is 27.3. The van der Waals surface area contributed by atoms with Crippen molar-refractivity contribution < 1.29 is 9.59 Å². The van der Waals surface area contributed by atoms with E-state index < -0.39 is 0 Å². The van der Waals surface area contributed by atoms with Crippen LogP contribution in [0.15, 0.2) is 48.5 Å². The lowest BCUT2D eigenvalue weighted by molar-refractivity contribution is -0.122. The highest BCUT2D eigenvalue weighted by Crippen LogP contribution is 2.46. The Hall–Kier alpha value is -2.46. The van der Waals surface area contributed by atoms with Gasteiger partial charge in [0.1, 0.15) is 0 Å². The standard InChI is InChI=1S/C26H30N2O2/c29-24-18-22(20-7-2-3-8-21(20)24)25(30)27-14-5-15-28-16-12-26(13-17-28)11-10-19-6-1-4-9-23(19)26/h1-4,6-9,22H,5,10-18H2,(H,27,30). The summed E-state index contributed by atoms with van der Waals surface area (Å²) >= 11 is 0. The quantitative estimate of drug-likeness (QED) is 0.773. The molecule has 4 nitrogen and oxygen atoms in total. The van der Waals surface area contributed by atoms with Gasteiger partial charge >= 0.3 is 0 Å². The van der Waals surface area contributed by atoms with Crippen LogP contribution in [0.5, 0.6) is 0 Å². The fraction of sp³-hybridized carbons (Fsp3) is 0.462. The monoisotopic (exact) mass is 402 g/mol. The van der Waals surface area contributed by atoms with Gasteiger partial charge in [-0.2, -0.15) is 0 Å². The largest absolute Gasteiger partial charge is 0.356 e. The summed E-state index contributed by atoms with van der Waals surface area (Å²) < 4.78 is 0. The van der Waals surface area contributed by atoms with E-state index in [0.29, 0.717) is 23.9 Å². The molecule has 1 unspecified atom stereocenters. The van der Waals surface area contributed by atoms with Gasteiger partial charge in [-0.25, -0.2) is 0 Å². The molecule has 1 aliphatic heterocycles. The fourth-order valence-electron chi connectivity index (χ4n) is 5.82. The molecule has 1 amide bonds. The number of ketones is 1. The molecule has 2 aromatic rings. The molecule has 0 bridgehead atoms. The first-order chi connectivity index (χ1) is 14.7. The van der Waals surface area contributed by atoms with E-state index in [1.165, 1.54) is 25.7 Å². The average molecular weight is 403 g/mol. The minimum Gasteiger partial charge on any atom is -0.356 e. The number of amides is 1. The van der Waals surface area contributed by atoms with Gasteiger partial charge in [-0.1, -0.05) is 48.5 Å². The molecule has 2 aromatic carbocycles. The maximum Gasteiger partial charge on any atom is 0.228 e. The number of likely N-dealkylation sites (tertiary alicyclic amines) is 1. The topological polar surface area (TPSA) is 49.4 Å². The summed E-state index contributed by atoms with van der Waals surface area (Å²) in [6.45, 7) is 3.99. The van der Waals surface area contributed by atoms with Crippen LogP contribution in [0.3, 0.4) is 0 Å². The van der Waals surface area contributed by atoms with Crippen LogP contribution in [0.1, 0.15) is 65.1 Å². The molecule has 30 heavy (non-hydrogen) atoms. The highest BCUT2D eigenvalue weighted by atomic mass is 16.2. The van der Waals surface area contributed by atoms with E-state index in [0.717, 1.165) is 31.6 Å². The van der Waals surface area contributed by atoms with E-state index in [-0.39, 0.29) is 17.6 Å². The van der Waals surface area contributed by atoms with Crippen LogP contribution in [-0.4, -0.2) is 42.8 Å². The first-order valence-electron chi connectivity index (χ1n) is 11.4. The molecule has 1 atom stereocenters. The highest BCUT2D eigenvalue weighted by Gasteiger charge is 2.40. The van der Waals surface area contributed by atoms with Gasteiger partial charge in [0.2, 0.25) is 5.91 Å². The molecule has 5 rings (SSSR count). The van der Waals surface area contributed by atoms with E-state index in [1.807, 2.05) is 24.3 Å². The molecule has 3 aliphatic rings. The SMILES string of the molecule is O=C1CC(C(=O)NCCCN2CCC3(CCc4ccccc43)CC2)c2ccccc21. The van der Waals surface area contributed by atoms with Crippen LogP contribution in [-0.2, 0) is 16.6 Å². The molecule has 1 saturated heterocycles. The second-order valence-electron chi connectivity index (χ2n) is 9.19. The van der Waals surface area contributed by atoms with Gasteiger partial charge in [0.15, 0.2) is 5.78 Å². The van der Waals surface area contributed by atoms with Gasteiger partial charge in [0.05, 0.1) is 5.92 Å². The van der Waals surface area contributed by atoms with Crippen LogP contribution in [0.4, 0.5) is 0 Å². The molecule has 1 fully saturated rings. The molecule has 1 heterocycles. The van der Waals surface area contributed by atoms with E-state index in [4.69, 9.17) is 0 Å². The number of nitrogens with zero attached hydrogens (tertiary/aromatic N) is 1. The third-order valence-corrected chi connectivity index (χ3v) is 7.57. The van der Waals surface area contributed by atoms with Crippen LogP contribution in [0.25, 0.3) is 0 Å². The van der Waals surface area contributed by atoms with Gasteiger partial charge in [0.25, 0.3) is 0 Å². The molecular formula is C26H30N2O2. The molecule has 2 aliphatic carbocycles. The van der Waals surface area contributed by atoms with Gasteiger partial charge in [-0.15, -0.1) is 0 Å². The third kappa shape index (κ3) is 3.47. The maximum absolute atomic E-state index is 12.6. The van der Waals surface area contributed by atoms with Crippen molar-refractivity contribution in [3.05, 3.63) is 70.8 Å². The number of hydrogen-bond acceptors (Lipinski definition) is 3. The predicted molar refractivity (Wildman–Crippen MR) is 118 cm³/mol. The Morgan fingerprint density at radius 2 is 1.80 bits per heavy atom. The fourth-order valence-corrected chi connectivity index (χ4v) is 5.82. The van der Waals surface area contributed by atoms with Crippen LogP contribution in [0.2, 0.25) is 0 Å². The number of rotatable bonds is 5. The highest BCUT2D eigenvalue weighted by molar-refractivity contribution is 6.06. The first kappa shape index (κ1) is 19.5. The summed E-state index contributed by atoms with van der Waals surface area (Å²) in [5.74, 6) is -0.235. The molecule has 0 radical (unpaired) electrons. The predicted octanol–water partition coefficient (Wildman–Crippen LogP) is 3.84. The zero-order valence-electron chi connectivity index (χ0n) is 17.5. The Kier molecular flexibility index (Phi) is 5.20. The van der Waals surface area contributed by atoms with Crippen molar-refractivity contribution >= 4 is 11.7 Å². The molecule has 1 N–H and O–H groups in total. The van der Waals surface area contributed by atoms with Crippen molar-refractivity contribution in [2.45, 2.75) is 49.9 Å². The molecular weight excluding hydrogens is 372 g/mol. The van der Waals surface area contributed by atoms with E-state index in [2.05, 4.69) is 34.5 Å². The minimum atomic E-state index is -0.314. The number of hydrogen-bond donors (Lipinski definition) is 1. The summed E-state index contributed by atoms with van der Waals surface area (Å²) in [6, 6.07) is 16.5. The number of nitrogens with one attached hydrogen (secondary N) is 1. The first-order valence-corrected chi connectivity index (χ1v) is 11.4. The zero-order chi connectivity index (χ0) is 20.6. The number of fused-ring (bicyclic) bond motifs is 3. The number of benzene rings is 2. The van der Waals surface area contributed by atoms with Crippen molar-refractivity contribution in [2.75, 3.05) is 26.2 Å². The number of carbonyl (C=O) groups is 2. The number of aryl methyl sites for hydroxylation is 1. The van der Waals surface area contributed by atoms with Gasteiger partial charge in [-0.3, -0.25) is 9.59 Å². The smallest absolute Gasteiger partial charge is 0.228 e. The van der Waals surface area contributed by atoms with E-state index in [1.54, 1.807) is 11.1 Å². The molecule has 156 valence electrons. The third-order valence-electron chi connectivity index (χ3n) is 7.57. The Morgan fingerprint density at radius 1 is 1.03 bits per heavy atom. The Morgan fingerprint density at radius 3 is 2.67 bits per heavy atom. The van der Waals surface area contributed by atoms with Crippen molar-refractivity contribution in [2.24, 2.45) is 0 Å². The van der Waals surface area contributed by atoms with E-state index >= 15 is 0 Å². The Balaban J connectivity index is 1.08. The second-order valence-corrected chi connectivity index (χ2v) is 9.19. The maximum atomic E-state index is 12.6. The minimum absolute atomic E-state index is 0.00606. The van der Waals surface area contributed by atoms with Crippen molar-refractivity contribution in [1.29, 1.82) is 0 Å². The molecule has 0 saturated carbocycles. The number of Topliss-reactive ketones (excluding diaryl/α,β-unsaturated/α-hetero) is 1. The van der Waals surface area contributed by atoms with Crippen molar-refractivity contribution in [3.63, 3.8) is 0 Å².